The highest BCUT2D eigenvalue weighted by molar-refractivity contribution is 5.81. The van der Waals surface area contributed by atoms with E-state index in [2.05, 4.69) is 0 Å². The Kier molecular flexibility index (Phi) is 6.88. The van der Waals surface area contributed by atoms with Gasteiger partial charge in [0.05, 0.1) is 6.61 Å². The molecule has 3 heteroatoms. The van der Waals surface area contributed by atoms with Gasteiger partial charge in [0.2, 0.25) is 0 Å². The smallest absolute Gasteiger partial charge is 0.330 e. The van der Waals surface area contributed by atoms with Crippen LogP contribution in [0.2, 0.25) is 0 Å². The Bertz CT molecular complexity index is 185. The second-order valence-electron chi connectivity index (χ2n) is 2.83. The van der Waals surface area contributed by atoms with Crippen LogP contribution in [0, 0.1) is 5.92 Å². The van der Waals surface area contributed by atoms with Gasteiger partial charge in [0, 0.05) is 12.5 Å². The maximum absolute atomic E-state index is 10.8. The van der Waals surface area contributed by atoms with Crippen molar-refractivity contribution in [2.75, 3.05) is 6.61 Å². The quantitative estimate of drug-likeness (QED) is 0.358. The molecule has 0 aliphatic carbocycles. The second-order valence-corrected chi connectivity index (χ2v) is 2.83. The summed E-state index contributed by atoms with van der Waals surface area (Å²) in [5, 5.41) is 0. The highest BCUT2D eigenvalue weighted by atomic mass is 16.5. The van der Waals surface area contributed by atoms with Gasteiger partial charge < -0.3 is 9.53 Å². The van der Waals surface area contributed by atoms with Crippen LogP contribution in [0.3, 0.4) is 0 Å². The van der Waals surface area contributed by atoms with Crippen LogP contribution in [-0.2, 0) is 14.3 Å². The van der Waals surface area contributed by atoms with E-state index in [9.17, 15) is 9.59 Å². The minimum Gasteiger partial charge on any atom is -0.463 e. The largest absolute Gasteiger partial charge is 0.463 e. The van der Waals surface area contributed by atoms with Gasteiger partial charge in [0.15, 0.2) is 0 Å². The molecule has 0 aromatic carbocycles. The van der Waals surface area contributed by atoms with Crippen molar-refractivity contribution in [3.63, 3.8) is 0 Å². The lowest BCUT2D eigenvalue weighted by Gasteiger charge is -2.01. The van der Waals surface area contributed by atoms with Gasteiger partial charge in [-0.15, -0.1) is 0 Å². The van der Waals surface area contributed by atoms with Crippen LogP contribution in [0.1, 0.15) is 26.7 Å². The molecule has 0 heterocycles. The van der Waals surface area contributed by atoms with Crippen LogP contribution in [0.25, 0.3) is 0 Å². The molecule has 0 amide bonds. The molecular formula is C10H16O3. The van der Waals surface area contributed by atoms with E-state index in [1.807, 2.05) is 6.92 Å². The molecule has 0 saturated heterocycles. The maximum atomic E-state index is 10.8. The van der Waals surface area contributed by atoms with E-state index < -0.39 is 0 Å². The predicted octanol–water partition coefficient (Wildman–Crippen LogP) is 1.72. The minimum absolute atomic E-state index is 0.245. The first-order valence-electron chi connectivity index (χ1n) is 4.49. The van der Waals surface area contributed by atoms with Crippen molar-refractivity contribution in [1.82, 2.24) is 0 Å². The van der Waals surface area contributed by atoms with Crippen LogP contribution >= 0.6 is 0 Å². The van der Waals surface area contributed by atoms with Gasteiger partial charge in [-0.05, 0) is 19.3 Å². The molecule has 0 radical (unpaired) electrons. The lowest BCUT2D eigenvalue weighted by Crippen LogP contribution is -2.00. The van der Waals surface area contributed by atoms with Crippen molar-refractivity contribution in [3.8, 4) is 0 Å². The molecule has 0 N–H and O–H groups in total. The Morgan fingerprint density at radius 1 is 1.54 bits per heavy atom. The summed E-state index contributed by atoms with van der Waals surface area (Å²) in [6, 6.07) is 0. The first kappa shape index (κ1) is 11.9. The molecule has 0 aromatic heterocycles. The number of ether oxygens (including phenoxy) is 1. The molecule has 1 unspecified atom stereocenters. The van der Waals surface area contributed by atoms with Crippen LogP contribution in [0.15, 0.2) is 12.2 Å². The summed E-state index contributed by atoms with van der Waals surface area (Å²) in [6.45, 7) is 4.12. The first-order chi connectivity index (χ1) is 6.20. The van der Waals surface area contributed by atoms with Crippen molar-refractivity contribution in [2.45, 2.75) is 26.7 Å². The zero-order valence-corrected chi connectivity index (χ0v) is 8.16. The molecule has 0 bridgehead atoms. The molecular weight excluding hydrogens is 168 g/mol. The Labute approximate surface area is 78.8 Å². The molecule has 0 spiro atoms. The molecule has 0 saturated carbocycles. The number of carbonyl (C=O) groups excluding carboxylic acids is 2. The lowest BCUT2D eigenvalue weighted by molar-refractivity contribution is -0.137. The summed E-state index contributed by atoms with van der Waals surface area (Å²) in [5.41, 5.74) is 0. The molecule has 0 fully saturated rings. The standard InChI is InChI=1S/C10H16O3/c1-3-13-10(12)7-6-9(2)5-4-8-11/h6-9H,3-5H2,1-2H3/b7-6+. The summed E-state index contributed by atoms with van der Waals surface area (Å²) in [7, 11) is 0. The minimum atomic E-state index is -0.319. The summed E-state index contributed by atoms with van der Waals surface area (Å²) < 4.78 is 4.70. The normalized spacial score (nSPS) is 12.8. The maximum Gasteiger partial charge on any atom is 0.330 e. The van der Waals surface area contributed by atoms with Crippen LogP contribution in [0.5, 0.6) is 0 Å². The summed E-state index contributed by atoms with van der Waals surface area (Å²) in [5.74, 6) is -0.0740. The van der Waals surface area contributed by atoms with Crippen molar-refractivity contribution in [2.24, 2.45) is 5.92 Å². The number of aldehydes is 1. The second kappa shape index (κ2) is 7.53. The third-order valence-corrected chi connectivity index (χ3v) is 1.59. The number of carbonyl (C=O) groups is 2. The van der Waals surface area contributed by atoms with Gasteiger partial charge in [-0.3, -0.25) is 0 Å². The molecule has 1 atom stereocenters. The van der Waals surface area contributed by atoms with Gasteiger partial charge in [-0.25, -0.2) is 4.79 Å². The Balaban J connectivity index is 3.68. The van der Waals surface area contributed by atoms with Crippen molar-refractivity contribution in [1.29, 1.82) is 0 Å². The molecule has 3 nitrogen and oxygen atoms in total. The SMILES string of the molecule is CCOC(=O)/C=C/C(C)CCC=O. The Morgan fingerprint density at radius 3 is 2.77 bits per heavy atom. The fraction of sp³-hybridized carbons (Fsp3) is 0.600. The highest BCUT2D eigenvalue weighted by Crippen LogP contribution is 2.05. The van der Waals surface area contributed by atoms with Gasteiger partial charge in [-0.2, -0.15) is 0 Å². The van der Waals surface area contributed by atoms with Gasteiger partial charge in [0.25, 0.3) is 0 Å². The van der Waals surface area contributed by atoms with Crippen molar-refractivity contribution >= 4 is 12.3 Å². The Morgan fingerprint density at radius 2 is 2.23 bits per heavy atom. The molecule has 0 aliphatic rings. The molecule has 0 aliphatic heterocycles. The molecule has 0 rings (SSSR count). The summed E-state index contributed by atoms with van der Waals surface area (Å²) in [6.07, 6.45) is 5.38. The van der Waals surface area contributed by atoms with Crippen LogP contribution in [0.4, 0.5) is 0 Å². The Hall–Kier alpha value is -1.12. The van der Waals surface area contributed by atoms with Crippen molar-refractivity contribution < 1.29 is 14.3 Å². The van der Waals surface area contributed by atoms with E-state index in [0.717, 1.165) is 12.7 Å². The summed E-state index contributed by atoms with van der Waals surface area (Å²) in [4.78, 5) is 20.9. The fourth-order valence-corrected chi connectivity index (χ4v) is 0.860. The molecule has 0 aromatic rings. The average molecular weight is 184 g/mol. The zero-order chi connectivity index (χ0) is 10.1. The summed E-state index contributed by atoms with van der Waals surface area (Å²) >= 11 is 0. The molecule has 13 heavy (non-hydrogen) atoms. The van der Waals surface area contributed by atoms with Gasteiger partial charge >= 0.3 is 5.97 Å². The number of rotatable bonds is 6. The van der Waals surface area contributed by atoms with E-state index in [0.29, 0.717) is 13.0 Å². The third-order valence-electron chi connectivity index (χ3n) is 1.59. The number of hydrogen-bond donors (Lipinski definition) is 0. The number of allylic oxidation sites excluding steroid dienone is 1. The van der Waals surface area contributed by atoms with Crippen LogP contribution < -0.4 is 0 Å². The zero-order valence-electron chi connectivity index (χ0n) is 8.16. The van der Waals surface area contributed by atoms with Gasteiger partial charge in [0.1, 0.15) is 6.29 Å². The van der Waals surface area contributed by atoms with E-state index in [-0.39, 0.29) is 11.9 Å². The first-order valence-corrected chi connectivity index (χ1v) is 4.49. The van der Waals surface area contributed by atoms with E-state index >= 15 is 0 Å². The number of esters is 1. The lowest BCUT2D eigenvalue weighted by atomic mass is 10.1. The monoisotopic (exact) mass is 184 g/mol. The van der Waals surface area contributed by atoms with E-state index in [4.69, 9.17) is 4.74 Å². The predicted molar refractivity (Wildman–Crippen MR) is 50.2 cm³/mol. The van der Waals surface area contributed by atoms with Gasteiger partial charge in [-0.1, -0.05) is 13.0 Å². The topological polar surface area (TPSA) is 43.4 Å². The number of hydrogen-bond acceptors (Lipinski definition) is 3. The third kappa shape index (κ3) is 7.25. The fourth-order valence-electron chi connectivity index (χ4n) is 0.860. The molecule has 74 valence electrons. The van der Waals surface area contributed by atoms with E-state index in [1.54, 1.807) is 13.0 Å². The van der Waals surface area contributed by atoms with Crippen molar-refractivity contribution in [3.05, 3.63) is 12.2 Å². The average Bonchev–Trinajstić information content (AvgIpc) is 2.12. The highest BCUT2D eigenvalue weighted by Gasteiger charge is 1.98. The van der Waals surface area contributed by atoms with E-state index in [1.165, 1.54) is 6.08 Å². The van der Waals surface area contributed by atoms with Crippen LogP contribution in [-0.4, -0.2) is 18.9 Å².